The number of aliphatic hydroxyl groups excluding tert-OH is 1. The van der Waals surface area contributed by atoms with Crippen LogP contribution in [0.5, 0.6) is 5.75 Å². The van der Waals surface area contributed by atoms with E-state index < -0.39 is 12.1 Å². The Balaban J connectivity index is 0.00000529. The summed E-state index contributed by atoms with van der Waals surface area (Å²) in [4.78, 5) is 10.3. The third-order valence-corrected chi connectivity index (χ3v) is 3.56. The van der Waals surface area contributed by atoms with Crippen LogP contribution in [0.25, 0.3) is 0 Å². The summed E-state index contributed by atoms with van der Waals surface area (Å²) < 4.78 is 5.78. The first-order chi connectivity index (χ1) is 11.1. The Morgan fingerprint density at radius 2 is 2.00 bits per heavy atom. The Labute approximate surface area is 167 Å². The fraction of sp³-hybridized carbons (Fsp3) is 0.526. The van der Waals surface area contributed by atoms with E-state index in [0.29, 0.717) is 25.9 Å². The zero-order valence-electron chi connectivity index (χ0n) is 14.9. The Hall–Kier alpha value is -0.810. The summed E-state index contributed by atoms with van der Waals surface area (Å²) in [6, 6.07) is 7.56. The topological polar surface area (TPSA) is 69.6 Å². The van der Waals surface area contributed by atoms with Crippen LogP contribution in [0, 0.1) is 0 Å². The van der Waals surface area contributed by atoms with E-state index in [1.165, 1.54) is 0 Å². The van der Waals surface area contributed by atoms with Gasteiger partial charge >= 0.3 is 29.6 Å². The molecule has 0 aliphatic rings. The third kappa shape index (κ3) is 10.1. The number of aliphatic hydroxyl groups is 1. The molecule has 0 saturated heterocycles. The average molecular weight is 342 g/mol. The number of rotatable bonds is 12. The monoisotopic (exact) mass is 342 g/mol. The van der Waals surface area contributed by atoms with Crippen molar-refractivity contribution in [2.75, 3.05) is 6.61 Å². The molecular formula is C19H27NaO4. The standard InChI is InChI=1S/C19H28O4.Na/c1-2-3-10-15-23-18-13-9-8-11-16(18)17(20)12-6-4-5-7-14-19(21)22;/h4,6,8-9,11,13,17,20H,2-3,5,7,10,12,14-15H2,1H3,(H,21,22);/q;+1/p-1/b6-4-;. The maximum atomic E-state index is 10.3. The van der Waals surface area contributed by atoms with Gasteiger partial charge in [0.15, 0.2) is 0 Å². The van der Waals surface area contributed by atoms with Crippen molar-refractivity contribution in [3.8, 4) is 5.75 Å². The molecule has 0 radical (unpaired) electrons. The Kier molecular flexibility index (Phi) is 14.0. The average Bonchev–Trinajstić information content (AvgIpc) is 2.54. The molecule has 1 aromatic rings. The molecule has 0 spiro atoms. The molecule has 0 aliphatic carbocycles. The summed E-state index contributed by atoms with van der Waals surface area (Å²) in [6.07, 6.45) is 8.26. The summed E-state index contributed by atoms with van der Waals surface area (Å²) in [5.41, 5.74) is 0.795. The van der Waals surface area contributed by atoms with Gasteiger partial charge in [0.2, 0.25) is 0 Å². The van der Waals surface area contributed by atoms with E-state index in [0.717, 1.165) is 30.6 Å². The van der Waals surface area contributed by atoms with Gasteiger partial charge in [0.05, 0.1) is 12.7 Å². The second-order valence-corrected chi connectivity index (χ2v) is 5.58. The SMILES string of the molecule is CCCCCOc1ccccc1C(O)C/C=C\CCCC(=O)[O-].[Na+]. The van der Waals surface area contributed by atoms with Gasteiger partial charge in [-0.3, -0.25) is 0 Å². The normalized spacial score (nSPS) is 11.9. The van der Waals surface area contributed by atoms with Crippen LogP contribution in [0.2, 0.25) is 0 Å². The minimum atomic E-state index is -1.02. The number of ether oxygens (including phenoxy) is 1. The fourth-order valence-electron chi connectivity index (χ4n) is 2.26. The van der Waals surface area contributed by atoms with Crippen molar-refractivity contribution in [2.45, 2.75) is 58.0 Å². The van der Waals surface area contributed by atoms with Crippen molar-refractivity contribution < 1.29 is 49.3 Å². The number of carboxylic acids is 1. The first kappa shape index (κ1) is 23.2. The number of unbranched alkanes of at least 4 members (excludes halogenated alkanes) is 3. The molecule has 5 heteroatoms. The molecule has 0 aromatic heterocycles. The van der Waals surface area contributed by atoms with Crippen molar-refractivity contribution in [1.82, 2.24) is 0 Å². The van der Waals surface area contributed by atoms with Crippen molar-refractivity contribution >= 4 is 5.97 Å². The molecule has 1 N–H and O–H groups in total. The minimum absolute atomic E-state index is 0. The van der Waals surface area contributed by atoms with E-state index in [4.69, 9.17) is 4.74 Å². The number of para-hydroxylation sites is 1. The van der Waals surface area contributed by atoms with Gasteiger partial charge in [-0.15, -0.1) is 0 Å². The molecule has 24 heavy (non-hydrogen) atoms. The second kappa shape index (κ2) is 14.5. The minimum Gasteiger partial charge on any atom is -0.550 e. The van der Waals surface area contributed by atoms with E-state index in [9.17, 15) is 15.0 Å². The molecule has 4 nitrogen and oxygen atoms in total. The van der Waals surface area contributed by atoms with Crippen LogP contribution in [0.3, 0.4) is 0 Å². The quantitative estimate of drug-likeness (QED) is 0.334. The molecule has 0 bridgehead atoms. The van der Waals surface area contributed by atoms with Crippen LogP contribution in [0.15, 0.2) is 36.4 Å². The maximum Gasteiger partial charge on any atom is 1.00 e. The molecule has 1 atom stereocenters. The van der Waals surface area contributed by atoms with Crippen LogP contribution in [0.1, 0.15) is 63.5 Å². The number of allylic oxidation sites excluding steroid dienone is 1. The third-order valence-electron chi connectivity index (χ3n) is 3.56. The Morgan fingerprint density at radius 3 is 2.71 bits per heavy atom. The van der Waals surface area contributed by atoms with Gasteiger partial charge in [-0.05, 0) is 38.2 Å². The summed E-state index contributed by atoms with van der Waals surface area (Å²) in [7, 11) is 0. The number of benzene rings is 1. The maximum absolute atomic E-state index is 10.3. The summed E-state index contributed by atoms with van der Waals surface area (Å²) in [5.74, 6) is -0.283. The van der Waals surface area contributed by atoms with E-state index in [2.05, 4.69) is 6.92 Å². The van der Waals surface area contributed by atoms with E-state index in [1.807, 2.05) is 36.4 Å². The van der Waals surface area contributed by atoms with Crippen molar-refractivity contribution in [3.63, 3.8) is 0 Å². The molecule has 0 heterocycles. The second-order valence-electron chi connectivity index (χ2n) is 5.58. The Morgan fingerprint density at radius 1 is 1.25 bits per heavy atom. The zero-order valence-corrected chi connectivity index (χ0v) is 16.9. The number of carbonyl (C=O) groups excluding carboxylic acids is 1. The number of aliphatic carboxylic acids is 1. The molecule has 128 valence electrons. The van der Waals surface area contributed by atoms with E-state index in [-0.39, 0.29) is 36.0 Å². The van der Waals surface area contributed by atoms with Crippen LogP contribution in [-0.2, 0) is 4.79 Å². The first-order valence-corrected chi connectivity index (χ1v) is 8.39. The smallest absolute Gasteiger partial charge is 0.550 e. The number of hydrogen-bond donors (Lipinski definition) is 1. The molecule has 1 unspecified atom stereocenters. The van der Waals surface area contributed by atoms with Crippen LogP contribution >= 0.6 is 0 Å². The molecule has 1 rings (SSSR count). The van der Waals surface area contributed by atoms with Gasteiger partial charge in [0, 0.05) is 11.5 Å². The van der Waals surface area contributed by atoms with Crippen molar-refractivity contribution in [2.24, 2.45) is 0 Å². The van der Waals surface area contributed by atoms with E-state index in [1.54, 1.807) is 0 Å². The molecule has 0 fully saturated rings. The van der Waals surface area contributed by atoms with Gasteiger partial charge in [0.25, 0.3) is 0 Å². The number of hydrogen-bond acceptors (Lipinski definition) is 4. The predicted molar refractivity (Wildman–Crippen MR) is 89.0 cm³/mol. The number of carbonyl (C=O) groups is 1. The van der Waals surface area contributed by atoms with Crippen LogP contribution in [-0.4, -0.2) is 17.7 Å². The Bertz CT molecular complexity index is 488. The van der Waals surface area contributed by atoms with Crippen molar-refractivity contribution in [1.29, 1.82) is 0 Å². The van der Waals surface area contributed by atoms with Crippen molar-refractivity contribution in [3.05, 3.63) is 42.0 Å². The van der Waals surface area contributed by atoms with Crippen LogP contribution < -0.4 is 39.4 Å². The van der Waals surface area contributed by atoms with Gasteiger partial charge in [-0.1, -0.05) is 50.1 Å². The van der Waals surface area contributed by atoms with Gasteiger partial charge in [0.1, 0.15) is 5.75 Å². The summed E-state index contributed by atoms with van der Waals surface area (Å²) in [5, 5.41) is 20.6. The number of carboxylic acid groups (broad SMARTS) is 1. The van der Waals surface area contributed by atoms with E-state index >= 15 is 0 Å². The van der Waals surface area contributed by atoms with Crippen LogP contribution in [0.4, 0.5) is 0 Å². The fourth-order valence-corrected chi connectivity index (χ4v) is 2.26. The van der Waals surface area contributed by atoms with Gasteiger partial charge in [-0.25, -0.2) is 0 Å². The van der Waals surface area contributed by atoms with Gasteiger partial charge < -0.3 is 19.7 Å². The molecule has 0 aliphatic heterocycles. The predicted octanol–water partition coefficient (Wildman–Crippen LogP) is 0.160. The summed E-state index contributed by atoms with van der Waals surface area (Å²) >= 11 is 0. The van der Waals surface area contributed by atoms with Gasteiger partial charge in [-0.2, -0.15) is 0 Å². The zero-order chi connectivity index (χ0) is 16.9. The largest absolute Gasteiger partial charge is 1.00 e. The molecule has 1 aromatic carbocycles. The first-order valence-electron chi connectivity index (χ1n) is 8.39. The molecule has 0 saturated carbocycles. The summed E-state index contributed by atoms with van der Waals surface area (Å²) in [6.45, 7) is 2.81. The molecule has 0 amide bonds. The molecular weight excluding hydrogens is 315 g/mol.